The molecule has 0 aliphatic carbocycles. The molecule has 4 heteroatoms. The van der Waals surface area contributed by atoms with Crippen molar-refractivity contribution in [2.45, 2.75) is 6.54 Å². The zero-order valence-corrected chi connectivity index (χ0v) is 6.86. The Labute approximate surface area is 70.8 Å². The monoisotopic (exact) mass is 162 g/mol. The number of nitrogens with zero attached hydrogens (tertiary/aromatic N) is 3. The molecule has 0 bridgehead atoms. The third-order valence-electron chi connectivity index (χ3n) is 1.48. The van der Waals surface area contributed by atoms with Crippen LogP contribution in [0.15, 0.2) is 29.4 Å². The molecule has 1 N–H and O–H groups in total. The molecule has 1 aromatic rings. The summed E-state index contributed by atoms with van der Waals surface area (Å²) in [7, 11) is 1.89. The highest BCUT2D eigenvalue weighted by molar-refractivity contribution is 5.38. The van der Waals surface area contributed by atoms with E-state index in [2.05, 4.69) is 15.3 Å². The van der Waals surface area contributed by atoms with Gasteiger partial charge in [0.1, 0.15) is 0 Å². The fraction of sp³-hybridized carbons (Fsp3) is 0.250. The second-order valence-corrected chi connectivity index (χ2v) is 2.39. The van der Waals surface area contributed by atoms with Gasteiger partial charge in [0, 0.05) is 17.1 Å². The topological polar surface area (TPSA) is 60.8 Å². The largest absolute Gasteiger partial charge is 0.316 e. The van der Waals surface area contributed by atoms with Crippen molar-refractivity contribution in [2.24, 2.45) is 5.11 Å². The molecule has 12 heavy (non-hydrogen) atoms. The van der Waals surface area contributed by atoms with Crippen LogP contribution in [-0.2, 0) is 6.54 Å². The van der Waals surface area contributed by atoms with E-state index in [0.717, 1.165) is 6.54 Å². The Balaban J connectivity index is 2.77. The third kappa shape index (κ3) is 2.27. The summed E-state index contributed by atoms with van der Waals surface area (Å²) in [6, 6.07) is 7.46. The van der Waals surface area contributed by atoms with E-state index < -0.39 is 0 Å². The van der Waals surface area contributed by atoms with Gasteiger partial charge in [0.2, 0.25) is 0 Å². The number of azide groups is 1. The summed E-state index contributed by atoms with van der Waals surface area (Å²) in [5, 5.41) is 6.50. The molecule has 0 fully saturated rings. The third-order valence-corrected chi connectivity index (χ3v) is 1.48. The average molecular weight is 162 g/mol. The summed E-state index contributed by atoms with van der Waals surface area (Å²) >= 11 is 0. The minimum Gasteiger partial charge on any atom is -0.316 e. The second-order valence-electron chi connectivity index (χ2n) is 2.39. The Kier molecular flexibility index (Phi) is 3.14. The Morgan fingerprint density at radius 3 is 2.58 bits per heavy atom. The minimum atomic E-state index is 0.650. The fourth-order valence-electron chi connectivity index (χ4n) is 0.936. The van der Waals surface area contributed by atoms with Crippen LogP contribution in [0.2, 0.25) is 0 Å². The van der Waals surface area contributed by atoms with E-state index in [4.69, 9.17) is 5.53 Å². The first-order chi connectivity index (χ1) is 5.86. The predicted octanol–water partition coefficient (Wildman–Crippen LogP) is 2.35. The van der Waals surface area contributed by atoms with Crippen LogP contribution in [-0.4, -0.2) is 7.05 Å². The van der Waals surface area contributed by atoms with Crippen LogP contribution in [0.25, 0.3) is 10.4 Å². The maximum atomic E-state index is 8.14. The van der Waals surface area contributed by atoms with Crippen LogP contribution in [0.5, 0.6) is 0 Å². The van der Waals surface area contributed by atoms with E-state index in [1.54, 1.807) is 12.1 Å². The molecule has 0 atom stereocenters. The Morgan fingerprint density at radius 2 is 2.08 bits per heavy atom. The molecule has 0 unspecified atom stereocenters. The summed E-state index contributed by atoms with van der Waals surface area (Å²) in [4.78, 5) is 2.69. The van der Waals surface area contributed by atoms with E-state index in [-0.39, 0.29) is 0 Å². The van der Waals surface area contributed by atoms with Crippen LogP contribution >= 0.6 is 0 Å². The van der Waals surface area contributed by atoms with Crippen molar-refractivity contribution in [1.29, 1.82) is 0 Å². The maximum Gasteiger partial charge on any atom is 0.0375 e. The first-order valence-corrected chi connectivity index (χ1v) is 3.65. The van der Waals surface area contributed by atoms with Gasteiger partial charge in [-0.1, -0.05) is 29.4 Å². The summed E-state index contributed by atoms with van der Waals surface area (Å²) in [6.45, 7) is 0.830. The Morgan fingerprint density at radius 1 is 1.42 bits per heavy atom. The molecule has 0 spiro atoms. The fourth-order valence-corrected chi connectivity index (χ4v) is 0.936. The molecule has 0 saturated heterocycles. The van der Waals surface area contributed by atoms with Crippen LogP contribution in [0, 0.1) is 0 Å². The van der Waals surface area contributed by atoms with Gasteiger partial charge in [0.25, 0.3) is 0 Å². The van der Waals surface area contributed by atoms with E-state index in [0.29, 0.717) is 5.69 Å². The van der Waals surface area contributed by atoms with Gasteiger partial charge in [0.05, 0.1) is 0 Å². The summed E-state index contributed by atoms with van der Waals surface area (Å²) < 4.78 is 0. The lowest BCUT2D eigenvalue weighted by Crippen LogP contribution is -2.04. The normalized spacial score (nSPS) is 9.08. The van der Waals surface area contributed by atoms with Crippen molar-refractivity contribution in [3.63, 3.8) is 0 Å². The van der Waals surface area contributed by atoms with Crippen molar-refractivity contribution >= 4 is 5.69 Å². The van der Waals surface area contributed by atoms with Crippen molar-refractivity contribution in [3.05, 3.63) is 40.3 Å². The van der Waals surface area contributed by atoms with E-state index in [1.165, 1.54) is 5.56 Å². The molecular formula is C8H10N4. The van der Waals surface area contributed by atoms with Gasteiger partial charge in [-0.3, -0.25) is 0 Å². The van der Waals surface area contributed by atoms with Crippen LogP contribution < -0.4 is 5.32 Å². The molecule has 0 aliphatic heterocycles. The van der Waals surface area contributed by atoms with Crippen molar-refractivity contribution < 1.29 is 0 Å². The summed E-state index contributed by atoms with van der Waals surface area (Å²) in [5.74, 6) is 0. The first-order valence-electron chi connectivity index (χ1n) is 3.65. The average Bonchev–Trinajstić information content (AvgIpc) is 2.09. The summed E-state index contributed by atoms with van der Waals surface area (Å²) in [5.41, 5.74) is 9.96. The lowest BCUT2D eigenvalue weighted by atomic mass is 10.2. The van der Waals surface area contributed by atoms with Gasteiger partial charge in [-0.05, 0) is 18.1 Å². The van der Waals surface area contributed by atoms with Gasteiger partial charge >= 0.3 is 0 Å². The standard InChI is InChI=1S/C8H10N4/c1-10-6-7-2-4-8(5-3-7)11-12-9/h2-5,10H,6H2,1H3. The molecule has 4 nitrogen and oxygen atoms in total. The minimum absolute atomic E-state index is 0.650. The predicted molar refractivity (Wildman–Crippen MR) is 48.0 cm³/mol. The number of nitrogens with one attached hydrogen (secondary N) is 1. The van der Waals surface area contributed by atoms with Crippen LogP contribution in [0.1, 0.15) is 5.56 Å². The highest BCUT2D eigenvalue weighted by Gasteiger charge is 1.89. The number of benzene rings is 1. The zero-order chi connectivity index (χ0) is 8.81. The molecule has 1 aromatic carbocycles. The molecular weight excluding hydrogens is 152 g/mol. The first kappa shape index (κ1) is 8.59. The van der Waals surface area contributed by atoms with Crippen molar-refractivity contribution in [3.8, 4) is 0 Å². The summed E-state index contributed by atoms with van der Waals surface area (Å²) in [6.07, 6.45) is 0. The van der Waals surface area contributed by atoms with Crippen molar-refractivity contribution in [1.82, 2.24) is 5.32 Å². The number of hydrogen-bond acceptors (Lipinski definition) is 2. The molecule has 1 rings (SSSR count). The van der Waals surface area contributed by atoms with Gasteiger partial charge < -0.3 is 5.32 Å². The zero-order valence-electron chi connectivity index (χ0n) is 6.86. The molecule has 0 amide bonds. The second kappa shape index (κ2) is 4.38. The Hall–Kier alpha value is -1.51. The van der Waals surface area contributed by atoms with Crippen LogP contribution in [0.4, 0.5) is 5.69 Å². The van der Waals surface area contributed by atoms with Gasteiger partial charge in [0.15, 0.2) is 0 Å². The van der Waals surface area contributed by atoms with Gasteiger partial charge in [-0.2, -0.15) is 0 Å². The lowest BCUT2D eigenvalue weighted by Gasteiger charge is -1.98. The molecule has 0 saturated carbocycles. The molecule has 0 heterocycles. The quantitative estimate of drug-likeness (QED) is 0.414. The molecule has 0 radical (unpaired) electrons. The van der Waals surface area contributed by atoms with Gasteiger partial charge in [-0.25, -0.2) is 0 Å². The maximum absolute atomic E-state index is 8.14. The van der Waals surface area contributed by atoms with Crippen molar-refractivity contribution in [2.75, 3.05) is 7.05 Å². The van der Waals surface area contributed by atoms with E-state index in [9.17, 15) is 0 Å². The SMILES string of the molecule is CNCc1ccc(N=[N+]=[N-])cc1. The smallest absolute Gasteiger partial charge is 0.0375 e. The van der Waals surface area contributed by atoms with E-state index >= 15 is 0 Å². The highest BCUT2D eigenvalue weighted by atomic mass is 15.1. The molecule has 62 valence electrons. The van der Waals surface area contributed by atoms with Gasteiger partial charge in [-0.15, -0.1) is 0 Å². The molecule has 0 aromatic heterocycles. The highest BCUT2D eigenvalue weighted by Crippen LogP contribution is 2.12. The number of rotatable bonds is 3. The van der Waals surface area contributed by atoms with Crippen LogP contribution in [0.3, 0.4) is 0 Å². The van der Waals surface area contributed by atoms with E-state index in [1.807, 2.05) is 19.2 Å². The lowest BCUT2D eigenvalue weighted by molar-refractivity contribution is 0.818. The Bertz CT molecular complexity index is 284. The molecule has 0 aliphatic rings. The number of hydrogen-bond donors (Lipinski definition) is 1.